The van der Waals surface area contributed by atoms with Gasteiger partial charge in [0.15, 0.2) is 0 Å². The molecule has 142 valence electrons. The van der Waals surface area contributed by atoms with Crippen LogP contribution in [0.2, 0.25) is 0 Å². The second kappa shape index (κ2) is 7.87. The second-order valence-electron chi connectivity index (χ2n) is 7.52. The Morgan fingerprint density at radius 2 is 2.15 bits per heavy atom. The number of nitrogens with two attached hydrogens (primary N) is 1. The number of hydrogen-bond donors (Lipinski definition) is 1. The summed E-state index contributed by atoms with van der Waals surface area (Å²) in [6.07, 6.45) is 4.53. The Hall–Kier alpha value is -2.11. The highest BCUT2D eigenvalue weighted by atomic mass is 32.1. The third-order valence-corrected chi connectivity index (χ3v) is 6.30. The number of rotatable bonds is 5. The van der Waals surface area contributed by atoms with E-state index in [0.717, 1.165) is 41.9 Å². The molecule has 0 bridgehead atoms. The Kier molecular flexibility index (Phi) is 5.32. The fourth-order valence-corrected chi connectivity index (χ4v) is 4.75. The van der Waals surface area contributed by atoms with Gasteiger partial charge in [-0.15, -0.1) is 0 Å². The lowest BCUT2D eigenvalue weighted by atomic mass is 9.90. The number of methoxy groups -OCH3 is 1. The van der Waals surface area contributed by atoms with Crippen molar-refractivity contribution in [2.24, 2.45) is 5.73 Å². The molecular formula is C22H27N3OS. The number of aryl methyl sites for hydroxylation is 1. The normalized spacial score (nSPS) is 20.0. The van der Waals surface area contributed by atoms with E-state index in [2.05, 4.69) is 46.8 Å². The predicted molar refractivity (Wildman–Crippen MR) is 114 cm³/mol. The first-order valence-corrected chi connectivity index (χ1v) is 10.6. The number of thiophene rings is 1. The van der Waals surface area contributed by atoms with Gasteiger partial charge in [0.05, 0.1) is 12.6 Å². The quantitative estimate of drug-likeness (QED) is 0.684. The highest BCUT2D eigenvalue weighted by molar-refractivity contribution is 7.07. The zero-order chi connectivity index (χ0) is 18.8. The number of hydrogen-bond acceptors (Lipinski definition) is 5. The molecule has 0 saturated heterocycles. The van der Waals surface area contributed by atoms with Gasteiger partial charge in [0.2, 0.25) is 0 Å². The summed E-state index contributed by atoms with van der Waals surface area (Å²) in [7, 11) is 1.70. The summed E-state index contributed by atoms with van der Waals surface area (Å²) >= 11 is 1.75. The first-order chi connectivity index (χ1) is 13.1. The minimum atomic E-state index is 0.291. The van der Waals surface area contributed by atoms with Crippen LogP contribution in [0.3, 0.4) is 0 Å². The largest absolute Gasteiger partial charge is 0.497 e. The van der Waals surface area contributed by atoms with E-state index in [0.29, 0.717) is 12.1 Å². The van der Waals surface area contributed by atoms with Gasteiger partial charge in [-0.05, 0) is 84.8 Å². The van der Waals surface area contributed by atoms with Crippen LogP contribution in [0, 0.1) is 6.92 Å². The lowest BCUT2D eigenvalue weighted by Gasteiger charge is -2.37. The standard InChI is InChI=1S/C22H27N3OS/c1-15-10-22(24-21-7-6-19(26-2)12-20(15)21)25(13-16-8-9-27-14-16)18-5-3-4-17(23)11-18/h6-10,12,14,17-18H,3-5,11,13,23H2,1-2H3. The number of pyridine rings is 1. The van der Waals surface area contributed by atoms with Gasteiger partial charge in [-0.2, -0.15) is 11.3 Å². The fourth-order valence-electron chi connectivity index (χ4n) is 4.09. The lowest BCUT2D eigenvalue weighted by molar-refractivity contribution is 0.370. The summed E-state index contributed by atoms with van der Waals surface area (Å²) in [4.78, 5) is 7.50. The summed E-state index contributed by atoms with van der Waals surface area (Å²) in [5, 5.41) is 5.52. The van der Waals surface area contributed by atoms with Crippen LogP contribution in [0.25, 0.3) is 10.9 Å². The topological polar surface area (TPSA) is 51.4 Å². The maximum atomic E-state index is 6.31. The number of nitrogens with zero attached hydrogens (tertiary/aromatic N) is 2. The van der Waals surface area contributed by atoms with Gasteiger partial charge in [-0.3, -0.25) is 0 Å². The van der Waals surface area contributed by atoms with Crippen LogP contribution in [0.5, 0.6) is 5.75 Å². The average Bonchev–Trinajstić information content (AvgIpc) is 3.19. The lowest BCUT2D eigenvalue weighted by Crippen LogP contribution is -2.42. The van der Waals surface area contributed by atoms with E-state index in [-0.39, 0.29) is 0 Å². The molecule has 3 aromatic rings. The molecule has 1 aliphatic rings. The molecule has 2 N–H and O–H groups in total. The smallest absolute Gasteiger partial charge is 0.130 e. The first kappa shape index (κ1) is 18.3. The van der Waals surface area contributed by atoms with Crippen LogP contribution >= 0.6 is 11.3 Å². The van der Waals surface area contributed by atoms with Crippen molar-refractivity contribution >= 4 is 28.1 Å². The summed E-state index contributed by atoms with van der Waals surface area (Å²) in [6, 6.07) is 11.3. The summed E-state index contributed by atoms with van der Waals surface area (Å²) in [6.45, 7) is 3.04. The Labute approximate surface area is 165 Å². The van der Waals surface area contributed by atoms with Crippen LogP contribution in [0.1, 0.15) is 36.8 Å². The van der Waals surface area contributed by atoms with E-state index in [1.807, 2.05) is 6.07 Å². The van der Waals surface area contributed by atoms with E-state index in [9.17, 15) is 0 Å². The van der Waals surface area contributed by atoms with Crippen molar-refractivity contribution in [3.63, 3.8) is 0 Å². The van der Waals surface area contributed by atoms with E-state index in [4.69, 9.17) is 15.5 Å². The number of benzene rings is 1. The molecule has 2 heterocycles. The molecule has 1 aromatic carbocycles. The molecule has 2 unspecified atom stereocenters. The third-order valence-electron chi connectivity index (χ3n) is 5.56. The van der Waals surface area contributed by atoms with Gasteiger partial charge >= 0.3 is 0 Å². The van der Waals surface area contributed by atoms with Crippen molar-refractivity contribution in [1.29, 1.82) is 0 Å². The number of aromatic nitrogens is 1. The van der Waals surface area contributed by atoms with Crippen LogP contribution in [0.15, 0.2) is 41.1 Å². The minimum absolute atomic E-state index is 0.291. The van der Waals surface area contributed by atoms with Crippen molar-refractivity contribution in [3.8, 4) is 5.75 Å². The van der Waals surface area contributed by atoms with Crippen molar-refractivity contribution in [2.75, 3.05) is 12.0 Å². The van der Waals surface area contributed by atoms with E-state index >= 15 is 0 Å². The first-order valence-electron chi connectivity index (χ1n) is 9.62. The summed E-state index contributed by atoms with van der Waals surface area (Å²) < 4.78 is 5.38. The zero-order valence-corrected chi connectivity index (χ0v) is 16.8. The molecule has 0 radical (unpaired) electrons. The second-order valence-corrected chi connectivity index (χ2v) is 8.30. The Morgan fingerprint density at radius 3 is 2.89 bits per heavy atom. The van der Waals surface area contributed by atoms with Crippen LogP contribution in [0.4, 0.5) is 5.82 Å². The van der Waals surface area contributed by atoms with Crippen LogP contribution < -0.4 is 15.4 Å². The van der Waals surface area contributed by atoms with Crippen molar-refractivity contribution in [2.45, 2.75) is 51.2 Å². The summed E-state index contributed by atoms with van der Waals surface area (Å²) in [5.74, 6) is 1.92. The molecular weight excluding hydrogens is 354 g/mol. The number of anilines is 1. The Balaban J connectivity index is 1.74. The maximum absolute atomic E-state index is 6.31. The Bertz CT molecular complexity index is 909. The van der Waals surface area contributed by atoms with Crippen molar-refractivity contribution in [1.82, 2.24) is 4.98 Å². The Morgan fingerprint density at radius 1 is 1.26 bits per heavy atom. The van der Waals surface area contributed by atoms with Gasteiger partial charge in [0, 0.05) is 24.0 Å². The molecule has 4 rings (SSSR count). The van der Waals surface area contributed by atoms with E-state index in [1.54, 1.807) is 18.4 Å². The molecule has 2 aromatic heterocycles. The molecule has 0 spiro atoms. The molecule has 1 aliphatic carbocycles. The molecule has 27 heavy (non-hydrogen) atoms. The van der Waals surface area contributed by atoms with Gasteiger partial charge in [0.1, 0.15) is 11.6 Å². The van der Waals surface area contributed by atoms with Gasteiger partial charge < -0.3 is 15.4 Å². The average molecular weight is 382 g/mol. The van der Waals surface area contributed by atoms with Gasteiger partial charge in [-0.25, -0.2) is 4.98 Å². The fraction of sp³-hybridized carbons (Fsp3) is 0.409. The van der Waals surface area contributed by atoms with Gasteiger partial charge in [0.25, 0.3) is 0 Å². The predicted octanol–water partition coefficient (Wildman–Crippen LogP) is 4.89. The molecule has 0 aliphatic heterocycles. The van der Waals surface area contributed by atoms with Gasteiger partial charge in [-0.1, -0.05) is 0 Å². The van der Waals surface area contributed by atoms with E-state index in [1.165, 1.54) is 24.0 Å². The summed E-state index contributed by atoms with van der Waals surface area (Å²) in [5.41, 5.74) is 9.89. The monoisotopic (exact) mass is 381 g/mol. The van der Waals surface area contributed by atoms with Crippen LogP contribution in [-0.2, 0) is 6.54 Å². The molecule has 0 amide bonds. The minimum Gasteiger partial charge on any atom is -0.497 e. The third kappa shape index (κ3) is 3.94. The number of fused-ring (bicyclic) bond motifs is 1. The highest BCUT2D eigenvalue weighted by Gasteiger charge is 2.26. The zero-order valence-electron chi connectivity index (χ0n) is 16.0. The number of ether oxygens (including phenoxy) is 1. The molecule has 1 saturated carbocycles. The SMILES string of the molecule is COc1ccc2nc(N(Cc3ccsc3)C3CCCC(N)C3)cc(C)c2c1. The van der Waals surface area contributed by atoms with Crippen LogP contribution in [-0.4, -0.2) is 24.2 Å². The van der Waals surface area contributed by atoms with E-state index < -0.39 is 0 Å². The molecule has 4 nitrogen and oxygen atoms in total. The molecule has 1 fully saturated rings. The van der Waals surface area contributed by atoms with Crippen molar-refractivity contribution in [3.05, 3.63) is 52.2 Å². The highest BCUT2D eigenvalue weighted by Crippen LogP contribution is 2.31. The molecule has 5 heteroatoms. The van der Waals surface area contributed by atoms with Crippen molar-refractivity contribution < 1.29 is 4.74 Å². The maximum Gasteiger partial charge on any atom is 0.130 e. The molecule has 2 atom stereocenters.